The molecule has 1 amide bonds. The molecule has 0 aliphatic carbocycles. The van der Waals surface area contributed by atoms with Gasteiger partial charge < -0.3 is 19.3 Å². The van der Waals surface area contributed by atoms with E-state index in [0.29, 0.717) is 27.8 Å². The second-order valence-corrected chi connectivity index (χ2v) is 9.52. The molecule has 12 heteroatoms. The van der Waals surface area contributed by atoms with Crippen LogP contribution in [-0.2, 0) is 4.79 Å². The number of rotatable bonds is 5. The third-order valence-corrected chi connectivity index (χ3v) is 7.09. The van der Waals surface area contributed by atoms with E-state index in [2.05, 4.69) is 19.9 Å². The van der Waals surface area contributed by atoms with E-state index in [9.17, 15) is 4.79 Å². The van der Waals surface area contributed by atoms with Gasteiger partial charge in [0.1, 0.15) is 41.5 Å². The van der Waals surface area contributed by atoms with Crippen LogP contribution in [0.1, 0.15) is 18.3 Å². The zero-order valence-electron chi connectivity index (χ0n) is 21.3. The molecule has 0 unspecified atom stereocenters. The van der Waals surface area contributed by atoms with Crippen molar-refractivity contribution < 1.29 is 27.8 Å². The number of aromatic nitrogens is 5. The Balaban J connectivity index is 1.43. The molecule has 6 rings (SSSR count). The summed E-state index contributed by atoms with van der Waals surface area (Å²) in [5.74, 6) is -1.26. The number of benzene rings is 2. The van der Waals surface area contributed by atoms with Gasteiger partial charge in [0.2, 0.25) is 5.91 Å². The third kappa shape index (κ3) is 4.49. The van der Waals surface area contributed by atoms with Gasteiger partial charge in [0, 0.05) is 47.6 Å². The van der Waals surface area contributed by atoms with Crippen LogP contribution in [-0.4, -0.2) is 66.3 Å². The van der Waals surface area contributed by atoms with Gasteiger partial charge >= 0.3 is 6.01 Å². The van der Waals surface area contributed by atoms with Crippen LogP contribution in [0.15, 0.2) is 55.0 Å². The monoisotopic (exact) mass is 548 g/mol. The van der Waals surface area contributed by atoms with Crippen LogP contribution in [0, 0.1) is 18.6 Å². The predicted molar refractivity (Wildman–Crippen MR) is 139 cm³/mol. The number of pyridine rings is 1. The molecule has 0 bridgehead atoms. The number of imidazole rings is 1. The van der Waals surface area contributed by atoms with Crippen molar-refractivity contribution in [3.8, 4) is 22.9 Å². The van der Waals surface area contributed by atoms with Crippen LogP contribution in [0.2, 0.25) is 0 Å². The number of amides is 1. The summed E-state index contributed by atoms with van der Waals surface area (Å²) >= 11 is 0. The molecule has 0 saturated carbocycles. The molecule has 9 nitrogen and oxygen atoms in total. The second-order valence-electron chi connectivity index (χ2n) is 9.52. The standard InChI is InChI=1S/C28H23F3N6O3/c1-15-35-24-12-34-23-11-21(30)18(17-4-3-16(9-20(17)29)40-28-32-6-2-7-33-28)10-19(23)27(24)37(15)25-5-8-36(13-22(25)31)26(39)14-38/h2-4,6-7,9-12,22,25,38H,5,8,13-14H2,1H3/t22-,25-/m0/s1. The average Bonchev–Trinajstić information content (AvgIpc) is 3.29. The van der Waals surface area contributed by atoms with Crippen LogP contribution in [0.25, 0.3) is 33.1 Å². The summed E-state index contributed by atoms with van der Waals surface area (Å²) in [6.45, 7) is 1.15. The fourth-order valence-electron chi connectivity index (χ4n) is 5.26. The second kappa shape index (κ2) is 10.2. The van der Waals surface area contributed by atoms with Gasteiger partial charge in [-0.25, -0.2) is 28.1 Å². The number of carbonyl (C=O) groups is 1. The van der Waals surface area contributed by atoms with Crippen molar-refractivity contribution in [2.45, 2.75) is 25.6 Å². The maximum atomic E-state index is 15.5. The summed E-state index contributed by atoms with van der Waals surface area (Å²) < 4.78 is 53.3. The van der Waals surface area contributed by atoms with Gasteiger partial charge in [-0.3, -0.25) is 9.78 Å². The molecule has 0 spiro atoms. The first-order chi connectivity index (χ1) is 19.3. The fourth-order valence-corrected chi connectivity index (χ4v) is 5.26. The van der Waals surface area contributed by atoms with Crippen LogP contribution >= 0.6 is 0 Å². The molecule has 0 radical (unpaired) electrons. The lowest BCUT2D eigenvalue weighted by molar-refractivity contribution is -0.137. The molecule has 204 valence electrons. The molecule has 2 atom stereocenters. The summed E-state index contributed by atoms with van der Waals surface area (Å²) in [5, 5.41) is 9.64. The van der Waals surface area contributed by atoms with Crippen molar-refractivity contribution in [3.63, 3.8) is 0 Å². The molecule has 1 N–H and O–H groups in total. The third-order valence-electron chi connectivity index (χ3n) is 7.09. The Bertz CT molecular complexity index is 1750. The number of aryl methyl sites for hydroxylation is 1. The first-order valence-electron chi connectivity index (χ1n) is 12.6. The van der Waals surface area contributed by atoms with Crippen molar-refractivity contribution >= 4 is 27.8 Å². The van der Waals surface area contributed by atoms with Crippen molar-refractivity contribution in [1.82, 2.24) is 29.4 Å². The van der Waals surface area contributed by atoms with Crippen LogP contribution < -0.4 is 4.74 Å². The van der Waals surface area contributed by atoms with Gasteiger partial charge in [-0.1, -0.05) is 0 Å². The number of carbonyl (C=O) groups excluding carboxylic acids is 1. The van der Waals surface area contributed by atoms with Gasteiger partial charge in [-0.05, 0) is 37.6 Å². The van der Waals surface area contributed by atoms with Crippen LogP contribution in [0.3, 0.4) is 0 Å². The molecule has 1 fully saturated rings. The van der Waals surface area contributed by atoms with Crippen molar-refractivity contribution in [2.24, 2.45) is 0 Å². The molecule has 1 saturated heterocycles. The minimum absolute atomic E-state index is 0.000266. The molecule has 3 aromatic heterocycles. The minimum Gasteiger partial charge on any atom is -0.424 e. The zero-order valence-corrected chi connectivity index (χ0v) is 21.3. The minimum atomic E-state index is -1.43. The highest BCUT2D eigenvalue weighted by atomic mass is 19.1. The Hall–Kier alpha value is -4.58. The molecule has 40 heavy (non-hydrogen) atoms. The Labute approximate surface area is 225 Å². The SMILES string of the molecule is Cc1nc2cnc3cc(F)c(-c4ccc(Oc5ncccn5)cc4F)cc3c2n1[C@H]1CCN(C(=O)CO)C[C@@H]1F. The molecular weight excluding hydrogens is 525 g/mol. The highest BCUT2D eigenvalue weighted by Crippen LogP contribution is 2.37. The number of hydrogen-bond donors (Lipinski definition) is 1. The lowest BCUT2D eigenvalue weighted by Gasteiger charge is -2.35. The summed E-state index contributed by atoms with van der Waals surface area (Å²) in [7, 11) is 0. The lowest BCUT2D eigenvalue weighted by atomic mass is 9.99. The Morgan fingerprint density at radius 2 is 1.85 bits per heavy atom. The lowest BCUT2D eigenvalue weighted by Crippen LogP contribution is -2.46. The highest BCUT2D eigenvalue weighted by molar-refractivity contribution is 6.04. The molecule has 4 heterocycles. The average molecular weight is 549 g/mol. The van der Waals surface area contributed by atoms with Gasteiger partial charge in [0.05, 0.1) is 29.8 Å². The molecule has 1 aliphatic rings. The first kappa shape index (κ1) is 25.7. The Morgan fingerprint density at radius 1 is 1.07 bits per heavy atom. The van der Waals surface area contributed by atoms with E-state index >= 15 is 13.2 Å². The molecule has 2 aromatic carbocycles. The number of ether oxygens (including phenoxy) is 1. The van der Waals surface area contributed by atoms with Gasteiger partial charge in [0.25, 0.3) is 0 Å². The van der Waals surface area contributed by atoms with E-state index in [0.717, 1.165) is 6.07 Å². The molecular formula is C28H23F3N6O3. The fraction of sp³-hybridized carbons (Fsp3) is 0.250. The first-order valence-corrected chi connectivity index (χ1v) is 12.6. The summed E-state index contributed by atoms with van der Waals surface area (Å²) in [4.78, 5) is 30.0. The topological polar surface area (TPSA) is 106 Å². The number of fused-ring (bicyclic) bond motifs is 3. The number of aliphatic hydroxyl groups is 1. The number of likely N-dealkylation sites (tertiary alicyclic amines) is 1. The Kier molecular flexibility index (Phi) is 6.54. The van der Waals surface area contributed by atoms with Crippen molar-refractivity contribution in [1.29, 1.82) is 0 Å². The number of nitrogens with zero attached hydrogens (tertiary/aromatic N) is 6. The highest BCUT2D eigenvalue weighted by Gasteiger charge is 2.34. The summed E-state index contributed by atoms with van der Waals surface area (Å²) in [5.41, 5.74) is 1.32. The van der Waals surface area contributed by atoms with E-state index in [4.69, 9.17) is 9.84 Å². The molecule has 5 aromatic rings. The van der Waals surface area contributed by atoms with Crippen molar-refractivity contribution in [2.75, 3.05) is 19.7 Å². The van der Waals surface area contributed by atoms with E-state index in [1.807, 2.05) is 0 Å². The number of hydrogen-bond acceptors (Lipinski definition) is 7. The van der Waals surface area contributed by atoms with Crippen molar-refractivity contribution in [3.05, 3.63) is 72.4 Å². The van der Waals surface area contributed by atoms with E-state index in [-0.39, 0.29) is 42.4 Å². The number of alkyl halides is 1. The molecule has 1 aliphatic heterocycles. The quantitative estimate of drug-likeness (QED) is 0.344. The number of halogens is 3. The smallest absolute Gasteiger partial charge is 0.321 e. The summed E-state index contributed by atoms with van der Waals surface area (Å²) in [6, 6.07) is 7.73. The van der Waals surface area contributed by atoms with Gasteiger partial charge in [0.15, 0.2) is 0 Å². The maximum Gasteiger partial charge on any atom is 0.321 e. The largest absolute Gasteiger partial charge is 0.424 e. The number of piperidine rings is 1. The summed E-state index contributed by atoms with van der Waals surface area (Å²) in [6.07, 6.45) is 3.33. The maximum absolute atomic E-state index is 15.5. The predicted octanol–water partition coefficient (Wildman–Crippen LogP) is 4.52. The van der Waals surface area contributed by atoms with Crippen LogP contribution in [0.4, 0.5) is 13.2 Å². The van der Waals surface area contributed by atoms with E-state index in [1.54, 1.807) is 17.6 Å². The van der Waals surface area contributed by atoms with E-state index in [1.165, 1.54) is 47.8 Å². The Morgan fingerprint density at radius 3 is 2.58 bits per heavy atom. The zero-order chi connectivity index (χ0) is 28.0. The van der Waals surface area contributed by atoms with Gasteiger partial charge in [-0.15, -0.1) is 0 Å². The van der Waals surface area contributed by atoms with Crippen LogP contribution in [0.5, 0.6) is 11.8 Å². The van der Waals surface area contributed by atoms with Gasteiger partial charge in [-0.2, -0.15) is 0 Å². The number of aliphatic hydroxyl groups excluding tert-OH is 1. The normalized spacial score (nSPS) is 17.5. The van der Waals surface area contributed by atoms with E-state index < -0.39 is 36.4 Å².